The summed E-state index contributed by atoms with van der Waals surface area (Å²) in [6.07, 6.45) is 0.836. The molecular formula is C20H31ClIN5O. The number of nitrogens with zero attached hydrogens (tertiary/aromatic N) is 3. The minimum absolute atomic E-state index is 0. The summed E-state index contributed by atoms with van der Waals surface area (Å²) in [4.78, 5) is 4.66. The van der Waals surface area contributed by atoms with Gasteiger partial charge in [0.05, 0.1) is 12.2 Å². The number of aryl methyl sites for hydroxylation is 3. The molecule has 8 heteroatoms. The molecule has 1 unspecified atom stereocenters. The predicted octanol–water partition coefficient (Wildman–Crippen LogP) is 4.10. The number of nitrogens with one attached hydrogen (secondary N) is 2. The van der Waals surface area contributed by atoms with Crippen LogP contribution in [0.3, 0.4) is 0 Å². The van der Waals surface area contributed by atoms with Crippen molar-refractivity contribution >= 4 is 41.5 Å². The smallest absolute Gasteiger partial charge is 0.191 e. The van der Waals surface area contributed by atoms with E-state index >= 15 is 0 Å². The Balaban J connectivity index is 0.00000392. The molecule has 2 rings (SSSR count). The number of aromatic nitrogens is 2. The monoisotopic (exact) mass is 519 g/mol. The van der Waals surface area contributed by atoms with Crippen molar-refractivity contribution in [1.29, 1.82) is 0 Å². The number of guanidine groups is 1. The van der Waals surface area contributed by atoms with Crippen LogP contribution in [0.25, 0.3) is 0 Å². The maximum absolute atomic E-state index is 6.08. The molecule has 0 radical (unpaired) electrons. The molecule has 0 aliphatic carbocycles. The van der Waals surface area contributed by atoms with Crippen LogP contribution in [0.4, 0.5) is 0 Å². The lowest BCUT2D eigenvalue weighted by Crippen LogP contribution is -2.38. The van der Waals surface area contributed by atoms with Gasteiger partial charge in [-0.3, -0.25) is 9.67 Å². The van der Waals surface area contributed by atoms with E-state index in [4.69, 9.17) is 16.3 Å². The maximum atomic E-state index is 6.08. The average Bonchev–Trinajstić information content (AvgIpc) is 2.96. The summed E-state index contributed by atoms with van der Waals surface area (Å²) in [5.74, 6) is 0.787. The van der Waals surface area contributed by atoms with Gasteiger partial charge in [-0.15, -0.1) is 24.0 Å². The Morgan fingerprint density at radius 2 is 2.07 bits per heavy atom. The molecule has 156 valence electrons. The SMILES string of the molecule is CCNC(=NCC(OC)c1cccc(Cl)c1)NCCCn1nc(C)cc1C.I. The summed E-state index contributed by atoms with van der Waals surface area (Å²) in [5, 5.41) is 11.8. The Labute approximate surface area is 190 Å². The fourth-order valence-corrected chi connectivity index (χ4v) is 3.07. The fraction of sp³-hybridized carbons (Fsp3) is 0.500. The molecule has 0 spiro atoms. The van der Waals surface area contributed by atoms with Crippen LogP contribution in [0.2, 0.25) is 5.02 Å². The van der Waals surface area contributed by atoms with Crippen LogP contribution >= 0.6 is 35.6 Å². The Bertz CT molecular complexity index is 750. The molecule has 0 aliphatic rings. The molecule has 1 aromatic heterocycles. The predicted molar refractivity (Wildman–Crippen MR) is 127 cm³/mol. The quantitative estimate of drug-likeness (QED) is 0.227. The molecule has 0 amide bonds. The summed E-state index contributed by atoms with van der Waals surface area (Å²) >= 11 is 6.08. The second-order valence-electron chi connectivity index (χ2n) is 6.43. The van der Waals surface area contributed by atoms with Crippen LogP contribution in [-0.2, 0) is 11.3 Å². The van der Waals surface area contributed by atoms with Gasteiger partial charge in [0.2, 0.25) is 0 Å². The van der Waals surface area contributed by atoms with Gasteiger partial charge in [-0.05, 0) is 51.0 Å². The second kappa shape index (κ2) is 13.0. The second-order valence-corrected chi connectivity index (χ2v) is 6.87. The standard InChI is InChI=1S/C20H30ClN5O.HI/c1-5-22-20(23-10-7-11-26-16(3)12-15(2)25-26)24-14-19(27-4)17-8-6-9-18(21)13-17;/h6,8-9,12-13,19H,5,7,10-11,14H2,1-4H3,(H2,22,23,24);1H. The zero-order valence-electron chi connectivity index (χ0n) is 17.0. The maximum Gasteiger partial charge on any atom is 0.191 e. The highest BCUT2D eigenvalue weighted by atomic mass is 127. The molecule has 1 heterocycles. The third-order valence-corrected chi connectivity index (χ3v) is 4.44. The number of halogens is 2. The van der Waals surface area contributed by atoms with Gasteiger partial charge in [0.1, 0.15) is 6.10 Å². The number of hydrogen-bond acceptors (Lipinski definition) is 3. The first-order valence-electron chi connectivity index (χ1n) is 9.35. The van der Waals surface area contributed by atoms with Gasteiger partial charge in [-0.25, -0.2) is 0 Å². The Morgan fingerprint density at radius 1 is 1.29 bits per heavy atom. The van der Waals surface area contributed by atoms with Crippen LogP contribution in [-0.4, -0.2) is 42.5 Å². The molecule has 2 N–H and O–H groups in total. The van der Waals surface area contributed by atoms with Gasteiger partial charge >= 0.3 is 0 Å². The van der Waals surface area contributed by atoms with Crippen molar-refractivity contribution in [3.05, 3.63) is 52.3 Å². The van der Waals surface area contributed by atoms with Crippen LogP contribution < -0.4 is 10.6 Å². The zero-order chi connectivity index (χ0) is 19.6. The van der Waals surface area contributed by atoms with Gasteiger partial charge in [-0.2, -0.15) is 5.10 Å². The van der Waals surface area contributed by atoms with Gasteiger partial charge in [0, 0.05) is 37.5 Å². The largest absolute Gasteiger partial charge is 0.375 e. The molecule has 0 saturated carbocycles. The molecular weight excluding hydrogens is 489 g/mol. The Morgan fingerprint density at radius 3 is 2.68 bits per heavy atom. The molecule has 6 nitrogen and oxygen atoms in total. The van der Waals surface area contributed by atoms with Gasteiger partial charge in [0.25, 0.3) is 0 Å². The fourth-order valence-electron chi connectivity index (χ4n) is 2.88. The molecule has 28 heavy (non-hydrogen) atoms. The lowest BCUT2D eigenvalue weighted by Gasteiger charge is -2.16. The van der Waals surface area contributed by atoms with Crippen molar-refractivity contribution in [1.82, 2.24) is 20.4 Å². The van der Waals surface area contributed by atoms with E-state index in [0.717, 1.165) is 43.3 Å². The van der Waals surface area contributed by atoms with Crippen molar-refractivity contribution in [3.63, 3.8) is 0 Å². The first-order valence-corrected chi connectivity index (χ1v) is 9.72. The van der Waals surface area contributed by atoms with Crippen molar-refractivity contribution in [2.24, 2.45) is 4.99 Å². The molecule has 2 aromatic rings. The first kappa shape index (κ1) is 24.7. The van der Waals surface area contributed by atoms with Gasteiger partial charge in [0.15, 0.2) is 5.96 Å². The van der Waals surface area contributed by atoms with E-state index in [2.05, 4.69) is 40.6 Å². The van der Waals surface area contributed by atoms with Gasteiger partial charge < -0.3 is 15.4 Å². The summed E-state index contributed by atoms with van der Waals surface area (Å²) in [5.41, 5.74) is 3.27. The van der Waals surface area contributed by atoms with Crippen molar-refractivity contribution in [2.45, 2.75) is 39.8 Å². The molecule has 0 saturated heterocycles. The van der Waals surface area contributed by atoms with Crippen LogP contribution in [0.15, 0.2) is 35.3 Å². The van der Waals surface area contributed by atoms with E-state index in [0.29, 0.717) is 11.6 Å². The van der Waals surface area contributed by atoms with E-state index in [9.17, 15) is 0 Å². The van der Waals surface area contributed by atoms with Gasteiger partial charge in [-0.1, -0.05) is 23.7 Å². The van der Waals surface area contributed by atoms with E-state index in [-0.39, 0.29) is 30.1 Å². The molecule has 0 aliphatic heterocycles. The van der Waals surface area contributed by atoms with Crippen molar-refractivity contribution < 1.29 is 4.74 Å². The third kappa shape index (κ3) is 7.97. The highest BCUT2D eigenvalue weighted by molar-refractivity contribution is 14.0. The van der Waals surface area contributed by atoms with E-state index in [1.165, 1.54) is 5.69 Å². The molecule has 1 aromatic carbocycles. The number of hydrogen-bond donors (Lipinski definition) is 2. The van der Waals surface area contributed by atoms with Crippen LogP contribution in [0.1, 0.15) is 36.4 Å². The number of ether oxygens (including phenoxy) is 1. The average molecular weight is 520 g/mol. The van der Waals surface area contributed by atoms with Crippen molar-refractivity contribution in [2.75, 3.05) is 26.7 Å². The molecule has 1 atom stereocenters. The summed E-state index contributed by atoms with van der Waals surface area (Å²) in [6, 6.07) is 9.80. The first-order chi connectivity index (χ1) is 13.0. The number of benzene rings is 1. The van der Waals surface area contributed by atoms with Crippen LogP contribution in [0, 0.1) is 13.8 Å². The molecule has 0 fully saturated rings. The number of methoxy groups -OCH3 is 1. The summed E-state index contributed by atoms with van der Waals surface area (Å²) in [6.45, 7) is 9.18. The lowest BCUT2D eigenvalue weighted by atomic mass is 10.1. The lowest BCUT2D eigenvalue weighted by molar-refractivity contribution is 0.111. The zero-order valence-corrected chi connectivity index (χ0v) is 20.1. The summed E-state index contributed by atoms with van der Waals surface area (Å²) < 4.78 is 7.63. The van der Waals surface area contributed by atoms with Crippen molar-refractivity contribution in [3.8, 4) is 0 Å². The Hall–Kier alpha value is -1.32. The highest BCUT2D eigenvalue weighted by Gasteiger charge is 2.11. The third-order valence-electron chi connectivity index (χ3n) is 4.21. The molecule has 0 bridgehead atoms. The summed E-state index contributed by atoms with van der Waals surface area (Å²) in [7, 11) is 1.69. The normalized spacial score (nSPS) is 12.4. The number of rotatable bonds is 9. The Kier molecular flexibility index (Phi) is 11.5. The van der Waals surface area contributed by atoms with E-state index < -0.39 is 0 Å². The minimum atomic E-state index is -0.131. The minimum Gasteiger partial charge on any atom is -0.375 e. The topological polar surface area (TPSA) is 63.5 Å². The van der Waals surface area contributed by atoms with E-state index in [1.54, 1.807) is 7.11 Å². The highest BCUT2D eigenvalue weighted by Crippen LogP contribution is 2.20. The van der Waals surface area contributed by atoms with E-state index in [1.807, 2.05) is 35.9 Å². The van der Waals surface area contributed by atoms with Crippen LogP contribution in [0.5, 0.6) is 0 Å². The number of aliphatic imine (C=N–C) groups is 1.